The predicted octanol–water partition coefficient (Wildman–Crippen LogP) is -1.02. The Kier molecular flexibility index (Phi) is 2.05. The second-order valence-corrected chi connectivity index (χ2v) is 2.96. The third-order valence-electron chi connectivity index (χ3n) is 1.53. The Balaban J connectivity index is 2.04. The first-order chi connectivity index (χ1) is 4.18. The summed E-state index contributed by atoms with van der Waals surface area (Å²) in [7, 11) is 0. The van der Waals surface area contributed by atoms with Crippen LogP contribution in [0, 0.1) is 0 Å². The van der Waals surface area contributed by atoms with Gasteiger partial charge in [0.05, 0.1) is 0 Å². The van der Waals surface area contributed by atoms with Gasteiger partial charge in [-0.1, -0.05) is 0 Å². The normalized spacial score (nSPS) is 25.7. The Bertz CT molecular complexity index is 86.3. The van der Waals surface area contributed by atoms with Crippen molar-refractivity contribution in [2.75, 3.05) is 19.6 Å². The highest BCUT2D eigenvalue weighted by molar-refractivity contribution is 4.83. The molecular formula is C6H15N3. The number of nitrogens with zero attached hydrogens (tertiary/aromatic N) is 1. The molecule has 0 amide bonds. The summed E-state index contributed by atoms with van der Waals surface area (Å²) >= 11 is 0. The van der Waals surface area contributed by atoms with Crippen molar-refractivity contribution in [1.29, 1.82) is 0 Å². The molecule has 0 aromatic heterocycles. The van der Waals surface area contributed by atoms with Crippen molar-refractivity contribution in [3.8, 4) is 0 Å². The molecule has 0 saturated carbocycles. The van der Waals surface area contributed by atoms with Crippen LogP contribution in [0.25, 0.3) is 0 Å². The van der Waals surface area contributed by atoms with Crippen LogP contribution in [0.5, 0.6) is 0 Å². The maximum Gasteiger partial charge on any atom is 0.0297 e. The summed E-state index contributed by atoms with van der Waals surface area (Å²) in [6.45, 7) is 5.07. The number of hydrogen-bond acceptors (Lipinski definition) is 3. The van der Waals surface area contributed by atoms with Crippen LogP contribution in [-0.4, -0.2) is 36.6 Å². The van der Waals surface area contributed by atoms with E-state index in [0.717, 1.165) is 19.6 Å². The molecule has 0 aromatic carbocycles. The maximum atomic E-state index is 5.57. The Morgan fingerprint density at radius 1 is 1.67 bits per heavy atom. The third-order valence-corrected chi connectivity index (χ3v) is 1.53. The lowest BCUT2D eigenvalue weighted by molar-refractivity contribution is 0.144. The Hall–Kier alpha value is -0.120. The number of hydrogen-bond donors (Lipinski definition) is 2. The highest BCUT2D eigenvalue weighted by Crippen LogP contribution is 2.03. The van der Waals surface area contributed by atoms with Gasteiger partial charge in [-0.3, -0.25) is 4.90 Å². The zero-order valence-corrected chi connectivity index (χ0v) is 5.88. The Morgan fingerprint density at radius 2 is 2.22 bits per heavy atom. The maximum absolute atomic E-state index is 5.57. The molecule has 0 unspecified atom stereocenters. The molecule has 0 spiro atoms. The summed E-state index contributed by atoms with van der Waals surface area (Å²) in [4.78, 5) is 2.27. The molecule has 1 rings (SSSR count). The van der Waals surface area contributed by atoms with E-state index in [4.69, 9.17) is 11.5 Å². The first-order valence-corrected chi connectivity index (χ1v) is 3.42. The van der Waals surface area contributed by atoms with Gasteiger partial charge in [0.15, 0.2) is 0 Å². The van der Waals surface area contributed by atoms with E-state index >= 15 is 0 Å². The van der Waals surface area contributed by atoms with Gasteiger partial charge in [0.2, 0.25) is 0 Å². The first kappa shape index (κ1) is 6.99. The smallest absolute Gasteiger partial charge is 0.0297 e. The molecule has 1 saturated heterocycles. The van der Waals surface area contributed by atoms with E-state index in [1.165, 1.54) is 0 Å². The van der Waals surface area contributed by atoms with E-state index in [-0.39, 0.29) is 6.04 Å². The first-order valence-electron chi connectivity index (χ1n) is 3.42. The van der Waals surface area contributed by atoms with Crippen molar-refractivity contribution >= 4 is 0 Å². The van der Waals surface area contributed by atoms with E-state index in [0.29, 0.717) is 6.04 Å². The highest BCUT2D eigenvalue weighted by Gasteiger charge is 2.22. The fraction of sp³-hybridized carbons (Fsp3) is 1.00. The third kappa shape index (κ3) is 1.93. The summed E-state index contributed by atoms with van der Waals surface area (Å²) in [5, 5.41) is 0. The number of likely N-dealkylation sites (tertiary alicyclic amines) is 1. The van der Waals surface area contributed by atoms with Gasteiger partial charge >= 0.3 is 0 Å². The van der Waals surface area contributed by atoms with Gasteiger partial charge in [-0.15, -0.1) is 0 Å². The molecule has 0 radical (unpaired) electrons. The van der Waals surface area contributed by atoms with E-state index in [2.05, 4.69) is 4.90 Å². The molecule has 4 N–H and O–H groups in total. The van der Waals surface area contributed by atoms with Crippen LogP contribution >= 0.6 is 0 Å². The number of nitrogens with two attached hydrogens (primary N) is 2. The quantitative estimate of drug-likeness (QED) is 0.501. The molecule has 1 aliphatic rings. The van der Waals surface area contributed by atoms with Crippen molar-refractivity contribution in [3.05, 3.63) is 0 Å². The molecule has 1 fully saturated rings. The molecule has 9 heavy (non-hydrogen) atoms. The van der Waals surface area contributed by atoms with Crippen LogP contribution < -0.4 is 11.5 Å². The Labute approximate surface area is 56.0 Å². The molecule has 54 valence electrons. The van der Waals surface area contributed by atoms with Crippen LogP contribution in [0.2, 0.25) is 0 Å². The topological polar surface area (TPSA) is 55.3 Å². The van der Waals surface area contributed by atoms with E-state index in [1.54, 1.807) is 0 Å². The minimum atomic E-state index is 0.289. The van der Waals surface area contributed by atoms with Crippen molar-refractivity contribution < 1.29 is 0 Å². The van der Waals surface area contributed by atoms with E-state index in [9.17, 15) is 0 Å². The highest BCUT2D eigenvalue weighted by atomic mass is 15.2. The minimum absolute atomic E-state index is 0.289. The van der Waals surface area contributed by atoms with Gasteiger partial charge in [-0.2, -0.15) is 0 Å². The predicted molar refractivity (Wildman–Crippen MR) is 38.1 cm³/mol. The summed E-state index contributed by atoms with van der Waals surface area (Å²) in [5.41, 5.74) is 11.1. The van der Waals surface area contributed by atoms with Gasteiger partial charge in [-0.05, 0) is 6.92 Å². The van der Waals surface area contributed by atoms with Crippen LogP contribution in [-0.2, 0) is 0 Å². The van der Waals surface area contributed by atoms with Crippen LogP contribution in [0.4, 0.5) is 0 Å². The summed E-state index contributed by atoms with van der Waals surface area (Å²) < 4.78 is 0. The monoisotopic (exact) mass is 129 g/mol. The SMILES string of the molecule is C[C@@H](N)CN1CC(N)C1. The molecule has 0 aliphatic carbocycles. The average molecular weight is 129 g/mol. The molecule has 0 aromatic rings. The molecule has 0 bridgehead atoms. The summed E-state index contributed by atoms with van der Waals surface area (Å²) in [6, 6.07) is 0.696. The van der Waals surface area contributed by atoms with Gasteiger partial charge in [0.25, 0.3) is 0 Å². The summed E-state index contributed by atoms with van der Waals surface area (Å²) in [5.74, 6) is 0. The molecule has 1 heterocycles. The van der Waals surface area contributed by atoms with E-state index < -0.39 is 0 Å². The van der Waals surface area contributed by atoms with Crippen LogP contribution in [0.1, 0.15) is 6.92 Å². The van der Waals surface area contributed by atoms with Crippen molar-refractivity contribution in [2.45, 2.75) is 19.0 Å². The Morgan fingerprint density at radius 3 is 2.56 bits per heavy atom. The summed E-state index contributed by atoms with van der Waals surface area (Å²) in [6.07, 6.45) is 0. The largest absolute Gasteiger partial charge is 0.327 e. The van der Waals surface area contributed by atoms with Crippen LogP contribution in [0.3, 0.4) is 0 Å². The molecule has 3 heteroatoms. The van der Waals surface area contributed by atoms with Crippen LogP contribution in [0.15, 0.2) is 0 Å². The molecular weight excluding hydrogens is 114 g/mol. The van der Waals surface area contributed by atoms with Gasteiger partial charge in [-0.25, -0.2) is 0 Å². The molecule has 1 atom stereocenters. The zero-order valence-electron chi connectivity index (χ0n) is 5.88. The molecule has 1 aliphatic heterocycles. The van der Waals surface area contributed by atoms with Gasteiger partial charge in [0, 0.05) is 31.7 Å². The van der Waals surface area contributed by atoms with Gasteiger partial charge < -0.3 is 11.5 Å². The van der Waals surface area contributed by atoms with Gasteiger partial charge in [0.1, 0.15) is 0 Å². The lowest BCUT2D eigenvalue weighted by atomic mass is 10.1. The lowest BCUT2D eigenvalue weighted by Gasteiger charge is -2.37. The lowest BCUT2D eigenvalue weighted by Crippen LogP contribution is -2.57. The zero-order chi connectivity index (χ0) is 6.85. The van der Waals surface area contributed by atoms with Crippen molar-refractivity contribution in [1.82, 2.24) is 4.90 Å². The van der Waals surface area contributed by atoms with Crippen molar-refractivity contribution in [3.63, 3.8) is 0 Å². The standard InChI is InChI=1S/C6H15N3/c1-5(7)2-9-3-6(8)4-9/h5-6H,2-4,7-8H2,1H3/t5-/m1/s1. The van der Waals surface area contributed by atoms with E-state index in [1.807, 2.05) is 6.92 Å². The minimum Gasteiger partial charge on any atom is -0.327 e. The second kappa shape index (κ2) is 2.64. The fourth-order valence-corrected chi connectivity index (χ4v) is 1.17. The van der Waals surface area contributed by atoms with Crippen molar-refractivity contribution in [2.24, 2.45) is 11.5 Å². The fourth-order valence-electron chi connectivity index (χ4n) is 1.17. The molecule has 3 nitrogen and oxygen atoms in total. The number of rotatable bonds is 2. The average Bonchev–Trinajstić information content (AvgIpc) is 1.60. The second-order valence-electron chi connectivity index (χ2n) is 2.96.